The number of pyridine rings is 1. The van der Waals surface area contributed by atoms with Crippen molar-refractivity contribution in [1.29, 1.82) is 0 Å². The van der Waals surface area contributed by atoms with Crippen LogP contribution in [0.1, 0.15) is 15.9 Å². The van der Waals surface area contributed by atoms with E-state index < -0.39 is 0 Å². The predicted molar refractivity (Wildman–Crippen MR) is 65.5 cm³/mol. The fourth-order valence-corrected chi connectivity index (χ4v) is 1.63. The summed E-state index contributed by atoms with van der Waals surface area (Å²) in [5.41, 5.74) is 1.47. The van der Waals surface area contributed by atoms with Gasteiger partial charge in [0.05, 0.1) is 13.2 Å². The number of hydrogen-bond donors (Lipinski definition) is 1. The Kier molecular flexibility index (Phi) is 5.59. The summed E-state index contributed by atoms with van der Waals surface area (Å²) in [6.07, 6.45) is 2.31. The number of anilines is 1. The van der Waals surface area contributed by atoms with Gasteiger partial charge < -0.3 is 14.7 Å². The highest BCUT2D eigenvalue weighted by Crippen LogP contribution is 2.16. The maximum absolute atomic E-state index is 10.6. The van der Waals surface area contributed by atoms with Crippen LogP contribution in [0, 0.1) is 6.92 Å². The van der Waals surface area contributed by atoms with E-state index in [-0.39, 0.29) is 6.61 Å². The quantitative estimate of drug-likeness (QED) is 0.707. The second-order valence-corrected chi connectivity index (χ2v) is 3.73. The summed E-state index contributed by atoms with van der Waals surface area (Å²) < 4.78 is 5.02. The van der Waals surface area contributed by atoms with E-state index in [1.165, 1.54) is 6.20 Å². The first-order valence-corrected chi connectivity index (χ1v) is 5.49. The highest BCUT2D eigenvalue weighted by molar-refractivity contribution is 5.75. The van der Waals surface area contributed by atoms with Gasteiger partial charge in [-0.2, -0.15) is 0 Å². The molecule has 1 aromatic heterocycles. The van der Waals surface area contributed by atoms with Gasteiger partial charge in [0, 0.05) is 32.0 Å². The molecule has 0 aliphatic rings. The van der Waals surface area contributed by atoms with Gasteiger partial charge in [-0.3, -0.25) is 4.79 Å². The molecule has 0 amide bonds. The SMILES string of the molecule is COCCN(CCO)c1ncc(C=O)cc1C. The van der Waals surface area contributed by atoms with Crippen molar-refractivity contribution in [3.63, 3.8) is 0 Å². The van der Waals surface area contributed by atoms with Crippen molar-refractivity contribution in [2.75, 3.05) is 38.3 Å². The van der Waals surface area contributed by atoms with Gasteiger partial charge in [0.15, 0.2) is 6.29 Å². The maximum Gasteiger partial charge on any atom is 0.151 e. The molecule has 0 bridgehead atoms. The third-order valence-corrected chi connectivity index (χ3v) is 2.44. The van der Waals surface area contributed by atoms with E-state index in [9.17, 15) is 4.79 Å². The average Bonchev–Trinajstić information content (AvgIpc) is 2.34. The Morgan fingerprint density at radius 3 is 2.82 bits per heavy atom. The molecule has 1 rings (SSSR count). The molecule has 1 N–H and O–H groups in total. The summed E-state index contributed by atoms with van der Waals surface area (Å²) in [6, 6.07) is 1.78. The first kappa shape index (κ1) is 13.6. The van der Waals surface area contributed by atoms with Crippen LogP contribution in [-0.4, -0.2) is 49.8 Å². The second kappa shape index (κ2) is 6.98. The van der Waals surface area contributed by atoms with E-state index in [4.69, 9.17) is 9.84 Å². The lowest BCUT2D eigenvalue weighted by molar-refractivity contribution is 0.112. The molecule has 0 radical (unpaired) electrons. The molecule has 17 heavy (non-hydrogen) atoms. The molecule has 0 spiro atoms. The lowest BCUT2D eigenvalue weighted by Crippen LogP contribution is -2.31. The Hall–Kier alpha value is -1.46. The van der Waals surface area contributed by atoms with Crippen molar-refractivity contribution in [3.05, 3.63) is 23.4 Å². The number of hydrogen-bond acceptors (Lipinski definition) is 5. The van der Waals surface area contributed by atoms with E-state index >= 15 is 0 Å². The van der Waals surface area contributed by atoms with Crippen LogP contribution in [0.25, 0.3) is 0 Å². The zero-order valence-corrected chi connectivity index (χ0v) is 10.2. The number of aliphatic hydroxyl groups is 1. The molecule has 5 heteroatoms. The molecular weight excluding hydrogens is 220 g/mol. The van der Waals surface area contributed by atoms with Crippen LogP contribution < -0.4 is 4.90 Å². The molecule has 0 atom stereocenters. The van der Waals surface area contributed by atoms with Crippen molar-refractivity contribution in [2.45, 2.75) is 6.92 Å². The van der Waals surface area contributed by atoms with Crippen LogP contribution >= 0.6 is 0 Å². The zero-order chi connectivity index (χ0) is 12.7. The van der Waals surface area contributed by atoms with Gasteiger partial charge in [0.1, 0.15) is 5.82 Å². The number of aliphatic hydroxyl groups excluding tert-OH is 1. The molecule has 0 saturated heterocycles. The second-order valence-electron chi connectivity index (χ2n) is 3.73. The monoisotopic (exact) mass is 238 g/mol. The Balaban J connectivity index is 2.88. The van der Waals surface area contributed by atoms with Crippen molar-refractivity contribution < 1.29 is 14.6 Å². The Labute approximate surface area is 101 Å². The van der Waals surface area contributed by atoms with Crippen molar-refractivity contribution >= 4 is 12.1 Å². The lowest BCUT2D eigenvalue weighted by Gasteiger charge is -2.24. The third kappa shape index (κ3) is 3.80. The number of rotatable bonds is 7. The minimum Gasteiger partial charge on any atom is -0.395 e. The van der Waals surface area contributed by atoms with Crippen molar-refractivity contribution in [2.24, 2.45) is 0 Å². The molecule has 1 heterocycles. The number of carbonyl (C=O) groups is 1. The fourth-order valence-electron chi connectivity index (χ4n) is 1.63. The van der Waals surface area contributed by atoms with Crippen molar-refractivity contribution in [3.8, 4) is 0 Å². The number of carbonyl (C=O) groups excluding carboxylic acids is 1. The number of methoxy groups -OCH3 is 1. The molecule has 0 fully saturated rings. The van der Waals surface area contributed by atoms with Crippen LogP contribution in [0.15, 0.2) is 12.3 Å². The van der Waals surface area contributed by atoms with Crippen LogP contribution in [0.4, 0.5) is 5.82 Å². The Morgan fingerprint density at radius 1 is 1.53 bits per heavy atom. The predicted octanol–water partition coefficient (Wildman–Crippen LogP) is 0.648. The molecular formula is C12H18N2O3. The molecule has 1 aromatic rings. The Morgan fingerprint density at radius 2 is 2.29 bits per heavy atom. The van der Waals surface area contributed by atoms with Crippen molar-refractivity contribution in [1.82, 2.24) is 4.98 Å². The summed E-state index contributed by atoms with van der Waals surface area (Å²) in [4.78, 5) is 16.8. The normalized spacial score (nSPS) is 10.3. The molecule has 0 aromatic carbocycles. The molecule has 5 nitrogen and oxygen atoms in total. The number of aryl methyl sites for hydroxylation is 1. The van der Waals surface area contributed by atoms with E-state index in [1.807, 2.05) is 11.8 Å². The molecule has 0 saturated carbocycles. The lowest BCUT2D eigenvalue weighted by atomic mass is 10.2. The van der Waals surface area contributed by atoms with E-state index in [0.717, 1.165) is 17.7 Å². The zero-order valence-electron chi connectivity index (χ0n) is 10.2. The summed E-state index contributed by atoms with van der Waals surface area (Å²) in [7, 11) is 1.63. The van der Waals surface area contributed by atoms with Gasteiger partial charge in [-0.15, -0.1) is 0 Å². The summed E-state index contributed by atoms with van der Waals surface area (Å²) in [5.74, 6) is 0.779. The fraction of sp³-hybridized carbons (Fsp3) is 0.500. The van der Waals surface area contributed by atoms with E-state index in [1.54, 1.807) is 13.2 Å². The smallest absolute Gasteiger partial charge is 0.151 e. The Bertz CT molecular complexity index is 369. The van der Waals surface area contributed by atoms with Crippen LogP contribution in [-0.2, 0) is 4.74 Å². The summed E-state index contributed by atoms with van der Waals surface area (Å²) in [6.45, 7) is 3.67. The number of aromatic nitrogens is 1. The molecule has 0 aliphatic heterocycles. The van der Waals surface area contributed by atoms with Crippen LogP contribution in [0.2, 0.25) is 0 Å². The van der Waals surface area contributed by atoms with Gasteiger partial charge in [0.25, 0.3) is 0 Å². The standard InChI is InChI=1S/C12H18N2O3/c1-10-7-11(9-16)8-13-12(10)14(3-5-15)4-6-17-2/h7-9,15H,3-6H2,1-2H3. The highest BCUT2D eigenvalue weighted by atomic mass is 16.5. The van der Waals surface area contributed by atoms with Gasteiger partial charge >= 0.3 is 0 Å². The average molecular weight is 238 g/mol. The molecule has 0 unspecified atom stereocenters. The first-order valence-electron chi connectivity index (χ1n) is 5.49. The minimum absolute atomic E-state index is 0.0558. The topological polar surface area (TPSA) is 62.7 Å². The third-order valence-electron chi connectivity index (χ3n) is 2.44. The van der Waals surface area contributed by atoms with E-state index in [0.29, 0.717) is 25.3 Å². The van der Waals surface area contributed by atoms with Gasteiger partial charge in [-0.1, -0.05) is 0 Å². The van der Waals surface area contributed by atoms with Gasteiger partial charge in [-0.25, -0.2) is 4.98 Å². The first-order chi connectivity index (χ1) is 8.22. The summed E-state index contributed by atoms with van der Waals surface area (Å²) >= 11 is 0. The number of ether oxygens (including phenoxy) is 1. The van der Waals surface area contributed by atoms with Crippen LogP contribution in [0.5, 0.6) is 0 Å². The largest absolute Gasteiger partial charge is 0.395 e. The van der Waals surface area contributed by atoms with E-state index in [2.05, 4.69) is 4.98 Å². The highest BCUT2D eigenvalue weighted by Gasteiger charge is 2.10. The molecule has 94 valence electrons. The number of aldehydes is 1. The number of nitrogens with zero attached hydrogens (tertiary/aromatic N) is 2. The van der Waals surface area contributed by atoms with Gasteiger partial charge in [0.2, 0.25) is 0 Å². The molecule has 0 aliphatic carbocycles. The van der Waals surface area contributed by atoms with Gasteiger partial charge in [-0.05, 0) is 18.6 Å². The minimum atomic E-state index is 0.0558. The maximum atomic E-state index is 10.6. The summed E-state index contributed by atoms with van der Waals surface area (Å²) in [5, 5.41) is 9.02. The van der Waals surface area contributed by atoms with Crippen LogP contribution in [0.3, 0.4) is 0 Å².